The van der Waals surface area contributed by atoms with Crippen LogP contribution in [0.25, 0.3) is 0 Å². The molecule has 2 N–H and O–H groups in total. The number of carbonyl (C=O) groups excluding carboxylic acids is 1. The zero-order valence-electron chi connectivity index (χ0n) is 8.17. The predicted molar refractivity (Wildman–Crippen MR) is 46.5 cm³/mol. The average molecular weight is 207 g/mol. The number of carboxylic acid groups (broad SMARTS) is 1. The number of hydrogen-bond donors (Lipinski definition) is 2. The molecule has 0 saturated heterocycles. The highest BCUT2D eigenvalue weighted by Gasteiger charge is 2.35. The minimum Gasteiger partial charge on any atom is -0.477 e. The molecule has 0 heterocycles. The maximum Gasteiger partial charge on any atom is 0.410 e. The lowest BCUT2D eigenvalue weighted by atomic mass is 10.3. The second-order valence-electron chi connectivity index (χ2n) is 2.92. The molecule has 5 nitrogen and oxygen atoms in total. The number of rotatable bonds is 5. The highest BCUT2D eigenvalue weighted by Crippen LogP contribution is 2.05. The molecule has 0 bridgehead atoms. The summed E-state index contributed by atoms with van der Waals surface area (Å²) in [6.07, 6.45) is 0.425. The van der Waals surface area contributed by atoms with Crippen LogP contribution < -0.4 is 5.32 Å². The Morgan fingerprint density at radius 3 is 2.57 bits per heavy atom. The van der Waals surface area contributed by atoms with Crippen LogP contribution in [0.2, 0.25) is 0 Å². The van der Waals surface area contributed by atoms with Crippen molar-refractivity contribution in [1.82, 2.24) is 5.32 Å². The van der Waals surface area contributed by atoms with Crippen LogP contribution >= 0.6 is 0 Å². The molecule has 0 saturated carbocycles. The smallest absolute Gasteiger partial charge is 0.410 e. The van der Waals surface area contributed by atoms with Gasteiger partial charge in [-0.1, -0.05) is 13.3 Å². The van der Waals surface area contributed by atoms with Gasteiger partial charge in [-0.15, -0.1) is 0 Å². The van der Waals surface area contributed by atoms with E-state index in [0.29, 0.717) is 6.42 Å². The van der Waals surface area contributed by atoms with E-state index in [1.54, 1.807) is 5.32 Å². The first-order valence-corrected chi connectivity index (χ1v) is 4.27. The lowest BCUT2D eigenvalue weighted by Gasteiger charge is -2.16. The Balaban J connectivity index is 3.88. The van der Waals surface area contributed by atoms with Crippen molar-refractivity contribution in [2.24, 2.45) is 0 Å². The summed E-state index contributed by atoms with van der Waals surface area (Å²) in [4.78, 5) is 21.0. The molecule has 0 aliphatic rings. The molecule has 0 aliphatic heterocycles. The highest BCUT2D eigenvalue weighted by molar-refractivity contribution is 5.82. The number of halogens is 1. The van der Waals surface area contributed by atoms with Crippen molar-refractivity contribution < 1.29 is 23.8 Å². The number of ether oxygens (including phenoxy) is 1. The molecule has 0 aromatic carbocycles. The fourth-order valence-electron chi connectivity index (χ4n) is 0.590. The molecule has 0 rings (SSSR count). The number of alkyl carbamates (subject to hydrolysis) is 1. The van der Waals surface area contributed by atoms with Crippen molar-refractivity contribution in [3.63, 3.8) is 0 Å². The number of carbonyl (C=O) groups is 2. The third-order valence-electron chi connectivity index (χ3n) is 1.47. The molecule has 1 amide bonds. The van der Waals surface area contributed by atoms with Gasteiger partial charge in [-0.2, -0.15) is 0 Å². The molecular weight excluding hydrogens is 193 g/mol. The number of unbranched alkanes of at least 4 members (excludes halogenated alkanes) is 1. The lowest BCUT2D eigenvalue weighted by Crippen LogP contribution is -2.48. The van der Waals surface area contributed by atoms with Gasteiger partial charge in [0.25, 0.3) is 5.79 Å². The van der Waals surface area contributed by atoms with Crippen LogP contribution in [0, 0.1) is 0 Å². The Morgan fingerprint density at radius 1 is 1.57 bits per heavy atom. The van der Waals surface area contributed by atoms with E-state index in [0.717, 1.165) is 13.3 Å². The highest BCUT2D eigenvalue weighted by atomic mass is 19.1. The maximum atomic E-state index is 13.0. The van der Waals surface area contributed by atoms with E-state index in [2.05, 4.69) is 4.74 Å². The summed E-state index contributed by atoms with van der Waals surface area (Å²) in [7, 11) is 0. The van der Waals surface area contributed by atoms with E-state index < -0.39 is 17.9 Å². The minimum absolute atomic E-state index is 0.151. The van der Waals surface area contributed by atoms with Gasteiger partial charge in [0.15, 0.2) is 0 Å². The molecule has 1 atom stereocenters. The third kappa shape index (κ3) is 4.64. The summed E-state index contributed by atoms with van der Waals surface area (Å²) >= 11 is 0. The van der Waals surface area contributed by atoms with E-state index in [4.69, 9.17) is 5.11 Å². The van der Waals surface area contributed by atoms with Gasteiger partial charge in [-0.3, -0.25) is 5.32 Å². The number of nitrogens with one attached hydrogen (secondary N) is 1. The molecule has 82 valence electrons. The second kappa shape index (κ2) is 5.41. The van der Waals surface area contributed by atoms with E-state index >= 15 is 0 Å². The Bertz CT molecular complexity index is 217. The second-order valence-corrected chi connectivity index (χ2v) is 2.92. The molecule has 0 aliphatic carbocycles. The van der Waals surface area contributed by atoms with Crippen molar-refractivity contribution in [3.05, 3.63) is 0 Å². The summed E-state index contributed by atoms with van der Waals surface area (Å²) in [5, 5.41) is 9.90. The van der Waals surface area contributed by atoms with Crippen LogP contribution in [0.3, 0.4) is 0 Å². The van der Waals surface area contributed by atoms with Gasteiger partial charge in [-0.05, 0) is 13.3 Å². The predicted octanol–water partition coefficient (Wildman–Crippen LogP) is 1.28. The van der Waals surface area contributed by atoms with E-state index in [9.17, 15) is 14.0 Å². The van der Waals surface area contributed by atoms with E-state index in [-0.39, 0.29) is 6.61 Å². The van der Waals surface area contributed by atoms with Crippen LogP contribution in [0.1, 0.15) is 26.7 Å². The molecule has 0 radical (unpaired) electrons. The zero-order chi connectivity index (χ0) is 11.2. The summed E-state index contributed by atoms with van der Waals surface area (Å²) in [5.74, 6) is -4.55. The van der Waals surface area contributed by atoms with Crippen LogP contribution in [-0.4, -0.2) is 29.6 Å². The first-order valence-electron chi connectivity index (χ1n) is 4.27. The van der Waals surface area contributed by atoms with Gasteiger partial charge in [0.2, 0.25) is 0 Å². The lowest BCUT2D eigenvalue weighted by molar-refractivity contribution is -0.151. The van der Waals surface area contributed by atoms with Crippen LogP contribution in [0.5, 0.6) is 0 Å². The van der Waals surface area contributed by atoms with Crippen molar-refractivity contribution in [1.29, 1.82) is 0 Å². The van der Waals surface area contributed by atoms with Gasteiger partial charge in [0.1, 0.15) is 0 Å². The number of hydrogen-bond acceptors (Lipinski definition) is 3. The summed E-state index contributed by atoms with van der Waals surface area (Å²) in [6, 6.07) is 0. The number of alkyl halides is 1. The molecule has 0 spiro atoms. The Hall–Kier alpha value is -1.33. The van der Waals surface area contributed by atoms with Gasteiger partial charge < -0.3 is 9.84 Å². The van der Waals surface area contributed by atoms with E-state index in [1.807, 2.05) is 6.92 Å². The number of carboxylic acids is 1. The molecular formula is C8H14FNO4. The van der Waals surface area contributed by atoms with Gasteiger partial charge in [0.05, 0.1) is 6.61 Å². The SMILES string of the molecule is CCCCOC(=O)NC(C)(F)C(=O)O. The first kappa shape index (κ1) is 12.7. The molecule has 14 heavy (non-hydrogen) atoms. The first-order chi connectivity index (χ1) is 6.40. The summed E-state index contributed by atoms with van der Waals surface area (Å²) < 4.78 is 17.5. The largest absolute Gasteiger partial charge is 0.477 e. The van der Waals surface area contributed by atoms with Crippen molar-refractivity contribution in [3.8, 4) is 0 Å². The fraction of sp³-hybridized carbons (Fsp3) is 0.750. The van der Waals surface area contributed by atoms with Crippen molar-refractivity contribution in [2.75, 3.05) is 6.61 Å². The quantitative estimate of drug-likeness (QED) is 0.526. The van der Waals surface area contributed by atoms with Gasteiger partial charge >= 0.3 is 12.1 Å². The number of amides is 1. The summed E-state index contributed by atoms with van der Waals surface area (Å²) in [6.45, 7) is 2.78. The van der Waals surface area contributed by atoms with Crippen molar-refractivity contribution in [2.45, 2.75) is 32.5 Å². The normalized spacial score (nSPS) is 14.2. The molecule has 0 fully saturated rings. The molecule has 6 heteroatoms. The van der Waals surface area contributed by atoms with Gasteiger partial charge in [-0.25, -0.2) is 14.0 Å². The van der Waals surface area contributed by atoms with Crippen LogP contribution in [0.4, 0.5) is 9.18 Å². The Labute approximate surface area is 81.2 Å². The topological polar surface area (TPSA) is 75.6 Å². The van der Waals surface area contributed by atoms with Crippen LogP contribution in [0.15, 0.2) is 0 Å². The summed E-state index contributed by atoms with van der Waals surface area (Å²) in [5.41, 5.74) is 0. The molecule has 0 aromatic rings. The van der Waals surface area contributed by atoms with Gasteiger partial charge in [0, 0.05) is 0 Å². The monoisotopic (exact) mass is 207 g/mol. The van der Waals surface area contributed by atoms with Crippen LogP contribution in [-0.2, 0) is 9.53 Å². The fourth-order valence-corrected chi connectivity index (χ4v) is 0.590. The number of aliphatic carboxylic acids is 1. The third-order valence-corrected chi connectivity index (χ3v) is 1.47. The zero-order valence-corrected chi connectivity index (χ0v) is 8.17. The maximum absolute atomic E-state index is 13.0. The molecule has 0 aromatic heterocycles. The Morgan fingerprint density at radius 2 is 2.14 bits per heavy atom. The Kier molecular flexibility index (Phi) is 4.90. The molecule has 1 unspecified atom stereocenters. The van der Waals surface area contributed by atoms with Crippen molar-refractivity contribution >= 4 is 12.1 Å². The minimum atomic E-state index is -2.79. The average Bonchev–Trinajstić information content (AvgIpc) is 2.03. The standard InChI is InChI=1S/C8H14FNO4/c1-3-4-5-14-7(13)10-8(2,9)6(11)12/h3-5H2,1-2H3,(H,10,13)(H,11,12). The van der Waals surface area contributed by atoms with E-state index in [1.165, 1.54) is 0 Å².